The van der Waals surface area contributed by atoms with Crippen LogP contribution in [0.4, 0.5) is 0 Å². The topological polar surface area (TPSA) is 30.0 Å². The largest absolute Gasteiger partial charge is 0.289 e. The van der Waals surface area contributed by atoms with Crippen LogP contribution in [0, 0.1) is 0 Å². The van der Waals surface area contributed by atoms with Gasteiger partial charge in [0.25, 0.3) is 0 Å². The van der Waals surface area contributed by atoms with E-state index in [1.807, 2.05) is 66.7 Å². The molecule has 0 radical (unpaired) electrons. The molecule has 0 atom stereocenters. The number of allylic oxidation sites excluding steroid dienone is 1. The van der Waals surface area contributed by atoms with Gasteiger partial charge in [0.2, 0.25) is 0 Å². The maximum Gasteiger partial charge on any atom is 0.185 e. The molecule has 0 saturated heterocycles. The Balaban J connectivity index is 1.74. The molecule has 1 heterocycles. The molecule has 3 rings (SSSR count). The molecule has 0 amide bonds. The number of ketones is 1. The van der Waals surface area contributed by atoms with Crippen LogP contribution in [0.15, 0.2) is 83.6 Å². The van der Waals surface area contributed by atoms with E-state index in [1.54, 1.807) is 18.5 Å². The predicted octanol–water partition coefficient (Wildman–Crippen LogP) is 5.41. The normalized spacial score (nSPS) is 10.8. The lowest BCUT2D eigenvalue weighted by Gasteiger charge is -2.01. The Labute approximate surface area is 143 Å². The Bertz CT molecular complexity index is 839. The highest BCUT2D eigenvalue weighted by Gasteiger charge is 2.02. The van der Waals surface area contributed by atoms with Crippen LogP contribution in [0.25, 0.3) is 17.2 Å². The van der Waals surface area contributed by atoms with Gasteiger partial charge in [-0.15, -0.1) is 0 Å². The Morgan fingerprint density at radius 1 is 0.913 bits per heavy atom. The molecule has 1 aromatic heterocycles. The van der Waals surface area contributed by atoms with Crippen LogP contribution < -0.4 is 0 Å². The molecule has 112 valence electrons. The zero-order valence-electron chi connectivity index (χ0n) is 12.3. The van der Waals surface area contributed by atoms with Gasteiger partial charge in [-0.1, -0.05) is 58.4 Å². The number of hydrogen-bond donors (Lipinski definition) is 0. The molecule has 0 spiro atoms. The van der Waals surface area contributed by atoms with Crippen LogP contribution >= 0.6 is 15.9 Å². The highest BCUT2D eigenvalue weighted by atomic mass is 79.9. The second-order valence-corrected chi connectivity index (χ2v) is 5.98. The Kier molecular flexibility index (Phi) is 4.79. The third-order valence-corrected chi connectivity index (χ3v) is 3.95. The van der Waals surface area contributed by atoms with Gasteiger partial charge in [-0.3, -0.25) is 9.78 Å². The summed E-state index contributed by atoms with van der Waals surface area (Å²) in [7, 11) is 0. The summed E-state index contributed by atoms with van der Waals surface area (Å²) in [6.07, 6.45) is 6.99. The summed E-state index contributed by atoms with van der Waals surface area (Å²) in [4.78, 5) is 16.2. The second kappa shape index (κ2) is 7.16. The van der Waals surface area contributed by atoms with Gasteiger partial charge in [0, 0.05) is 22.4 Å². The van der Waals surface area contributed by atoms with E-state index in [-0.39, 0.29) is 5.78 Å². The van der Waals surface area contributed by atoms with Gasteiger partial charge < -0.3 is 0 Å². The number of rotatable bonds is 4. The summed E-state index contributed by atoms with van der Waals surface area (Å²) in [6, 6.07) is 19.4. The number of carbonyl (C=O) groups is 1. The minimum atomic E-state index is -0.00971. The molecule has 0 fully saturated rings. The summed E-state index contributed by atoms with van der Waals surface area (Å²) in [5.41, 5.74) is 3.92. The van der Waals surface area contributed by atoms with Crippen LogP contribution in [-0.4, -0.2) is 10.8 Å². The van der Waals surface area contributed by atoms with Crippen LogP contribution in [0.5, 0.6) is 0 Å². The highest BCUT2D eigenvalue weighted by molar-refractivity contribution is 9.10. The van der Waals surface area contributed by atoms with E-state index in [1.165, 1.54) is 0 Å². The molecule has 0 aliphatic heterocycles. The number of aromatic nitrogens is 1. The van der Waals surface area contributed by atoms with Crippen molar-refractivity contribution in [3.8, 4) is 11.1 Å². The molecule has 0 bridgehead atoms. The first kappa shape index (κ1) is 15.4. The maximum atomic E-state index is 12.1. The van der Waals surface area contributed by atoms with E-state index < -0.39 is 0 Å². The van der Waals surface area contributed by atoms with Crippen molar-refractivity contribution in [1.82, 2.24) is 4.98 Å². The molecule has 2 aromatic carbocycles. The fraction of sp³-hybridized carbons (Fsp3) is 0. The van der Waals surface area contributed by atoms with Crippen molar-refractivity contribution in [1.29, 1.82) is 0 Å². The summed E-state index contributed by atoms with van der Waals surface area (Å²) in [5.74, 6) is -0.00971. The quantitative estimate of drug-likeness (QED) is 0.458. The zero-order valence-corrected chi connectivity index (χ0v) is 13.9. The average molecular weight is 364 g/mol. The molecule has 0 aliphatic rings. The molecule has 23 heavy (non-hydrogen) atoms. The van der Waals surface area contributed by atoms with Gasteiger partial charge in [0.05, 0.1) is 0 Å². The first-order chi connectivity index (χ1) is 11.2. The van der Waals surface area contributed by atoms with Gasteiger partial charge >= 0.3 is 0 Å². The first-order valence-corrected chi connectivity index (χ1v) is 8.00. The number of carbonyl (C=O) groups excluding carboxylic acids is 1. The lowest BCUT2D eigenvalue weighted by Crippen LogP contribution is -1.93. The van der Waals surface area contributed by atoms with E-state index >= 15 is 0 Å². The molecular formula is C20H14BrNO. The molecule has 0 unspecified atom stereocenters. The number of benzene rings is 2. The lowest BCUT2D eigenvalue weighted by molar-refractivity contribution is 0.104. The van der Waals surface area contributed by atoms with E-state index in [0.717, 1.165) is 21.2 Å². The van der Waals surface area contributed by atoms with Crippen molar-refractivity contribution in [2.45, 2.75) is 0 Å². The van der Waals surface area contributed by atoms with Crippen molar-refractivity contribution < 1.29 is 4.79 Å². The highest BCUT2D eigenvalue weighted by Crippen LogP contribution is 2.19. The number of halogens is 1. The smallest absolute Gasteiger partial charge is 0.185 e. The number of pyridine rings is 1. The summed E-state index contributed by atoms with van der Waals surface area (Å²) < 4.78 is 0.901. The van der Waals surface area contributed by atoms with E-state index in [0.29, 0.717) is 5.56 Å². The van der Waals surface area contributed by atoms with Crippen LogP contribution in [0.1, 0.15) is 15.9 Å². The lowest BCUT2D eigenvalue weighted by atomic mass is 10.0. The van der Waals surface area contributed by atoms with Crippen LogP contribution in [0.2, 0.25) is 0 Å². The van der Waals surface area contributed by atoms with E-state index in [2.05, 4.69) is 20.9 Å². The predicted molar refractivity (Wildman–Crippen MR) is 97.2 cm³/mol. The molecule has 0 saturated carbocycles. The van der Waals surface area contributed by atoms with E-state index in [9.17, 15) is 4.79 Å². The average Bonchev–Trinajstić information content (AvgIpc) is 2.61. The molecule has 2 nitrogen and oxygen atoms in total. The molecular weight excluding hydrogens is 350 g/mol. The first-order valence-electron chi connectivity index (χ1n) is 7.21. The van der Waals surface area contributed by atoms with Crippen LogP contribution in [0.3, 0.4) is 0 Å². The Morgan fingerprint density at radius 3 is 2.30 bits per heavy atom. The van der Waals surface area contributed by atoms with Crippen molar-refractivity contribution in [3.05, 3.63) is 94.7 Å². The number of nitrogens with zero attached hydrogens (tertiary/aromatic N) is 1. The van der Waals surface area contributed by atoms with Crippen molar-refractivity contribution in [2.24, 2.45) is 0 Å². The van der Waals surface area contributed by atoms with Gasteiger partial charge in [-0.25, -0.2) is 0 Å². The van der Waals surface area contributed by atoms with Gasteiger partial charge in [-0.05, 0) is 47.0 Å². The minimum Gasteiger partial charge on any atom is -0.289 e. The fourth-order valence-electron chi connectivity index (χ4n) is 2.24. The third-order valence-electron chi connectivity index (χ3n) is 3.46. The molecule has 0 N–H and O–H groups in total. The molecule has 0 aliphatic carbocycles. The van der Waals surface area contributed by atoms with Gasteiger partial charge in [-0.2, -0.15) is 0 Å². The summed E-state index contributed by atoms with van der Waals surface area (Å²) in [5, 5.41) is 0. The Morgan fingerprint density at radius 2 is 1.61 bits per heavy atom. The van der Waals surface area contributed by atoms with Crippen molar-refractivity contribution in [3.63, 3.8) is 0 Å². The van der Waals surface area contributed by atoms with Crippen molar-refractivity contribution in [2.75, 3.05) is 0 Å². The third kappa shape index (κ3) is 4.02. The standard InChI is InChI=1S/C20H14BrNO/c21-19-3-1-2-18(14-19)20(23)9-6-15-4-7-16(8-5-15)17-10-12-22-13-11-17/h1-14H/b9-6+. The van der Waals surface area contributed by atoms with Crippen molar-refractivity contribution >= 4 is 27.8 Å². The van der Waals surface area contributed by atoms with Gasteiger partial charge in [0.15, 0.2) is 5.78 Å². The zero-order chi connectivity index (χ0) is 16.1. The Hall–Kier alpha value is -2.52. The monoisotopic (exact) mass is 363 g/mol. The molecule has 3 heteroatoms. The van der Waals surface area contributed by atoms with E-state index in [4.69, 9.17) is 0 Å². The minimum absolute atomic E-state index is 0.00971. The summed E-state index contributed by atoms with van der Waals surface area (Å²) in [6.45, 7) is 0. The van der Waals surface area contributed by atoms with Gasteiger partial charge in [0.1, 0.15) is 0 Å². The SMILES string of the molecule is O=C(/C=C/c1ccc(-c2ccncc2)cc1)c1cccc(Br)c1. The second-order valence-electron chi connectivity index (χ2n) is 5.07. The maximum absolute atomic E-state index is 12.1. The molecule has 3 aromatic rings. The van der Waals surface area contributed by atoms with Crippen LogP contribution in [-0.2, 0) is 0 Å². The summed E-state index contributed by atoms with van der Waals surface area (Å²) >= 11 is 3.38. The fourth-order valence-corrected chi connectivity index (χ4v) is 2.64. The number of hydrogen-bond acceptors (Lipinski definition) is 2.